The largest absolute Gasteiger partial charge is 0.356 e. The van der Waals surface area contributed by atoms with Gasteiger partial charge in [0, 0.05) is 48.3 Å². The van der Waals surface area contributed by atoms with Crippen molar-refractivity contribution in [1.29, 1.82) is 0 Å². The van der Waals surface area contributed by atoms with E-state index in [1.807, 2.05) is 24.3 Å². The number of nitrogens with zero attached hydrogens (tertiary/aromatic N) is 4. The van der Waals surface area contributed by atoms with Crippen LogP contribution in [-0.4, -0.2) is 42.1 Å². The summed E-state index contributed by atoms with van der Waals surface area (Å²) in [7, 11) is 0. The Balaban J connectivity index is 1.34. The van der Waals surface area contributed by atoms with Gasteiger partial charge in [0.25, 0.3) is 0 Å². The van der Waals surface area contributed by atoms with Gasteiger partial charge < -0.3 is 15.1 Å². The maximum atomic E-state index is 12.6. The molecule has 2 fully saturated rings. The molecule has 27 heavy (non-hydrogen) atoms. The van der Waals surface area contributed by atoms with E-state index in [-0.39, 0.29) is 11.8 Å². The van der Waals surface area contributed by atoms with Gasteiger partial charge in [-0.3, -0.25) is 4.79 Å². The standard InChI is InChI=1S/C20H24BrN5O/c21-16-3-5-17(6-4-16)24-20(27)15-7-11-26(12-8-15)19-13-18(22-14-23-19)25-9-1-2-10-25/h3-6,13-15H,1-2,7-12H2,(H,24,27). The van der Waals surface area contributed by atoms with Crippen molar-refractivity contribution in [3.63, 3.8) is 0 Å². The molecule has 1 aromatic carbocycles. The molecule has 0 spiro atoms. The summed E-state index contributed by atoms with van der Waals surface area (Å²) in [6.07, 6.45) is 5.81. The molecule has 6 nitrogen and oxygen atoms in total. The zero-order chi connectivity index (χ0) is 18.6. The highest BCUT2D eigenvalue weighted by Gasteiger charge is 2.26. The average Bonchev–Trinajstić information content (AvgIpc) is 3.25. The molecule has 2 aromatic rings. The molecule has 142 valence electrons. The van der Waals surface area contributed by atoms with Gasteiger partial charge in [-0.2, -0.15) is 0 Å². The number of hydrogen-bond donors (Lipinski definition) is 1. The molecule has 1 aromatic heterocycles. The van der Waals surface area contributed by atoms with Crippen LogP contribution in [0.1, 0.15) is 25.7 Å². The number of anilines is 3. The third kappa shape index (κ3) is 4.40. The lowest BCUT2D eigenvalue weighted by Crippen LogP contribution is -2.38. The van der Waals surface area contributed by atoms with Gasteiger partial charge in [0.2, 0.25) is 5.91 Å². The molecule has 2 aliphatic heterocycles. The summed E-state index contributed by atoms with van der Waals surface area (Å²) in [4.78, 5) is 26.0. The summed E-state index contributed by atoms with van der Waals surface area (Å²) in [6, 6.07) is 9.79. The number of hydrogen-bond acceptors (Lipinski definition) is 5. The maximum absolute atomic E-state index is 12.6. The summed E-state index contributed by atoms with van der Waals surface area (Å²) < 4.78 is 1.01. The molecule has 0 radical (unpaired) electrons. The van der Waals surface area contributed by atoms with Crippen LogP contribution in [0.4, 0.5) is 17.3 Å². The number of nitrogens with one attached hydrogen (secondary N) is 1. The van der Waals surface area contributed by atoms with E-state index in [1.54, 1.807) is 6.33 Å². The first-order chi connectivity index (χ1) is 13.2. The molecule has 0 aliphatic carbocycles. The fourth-order valence-corrected chi connectivity index (χ4v) is 4.04. The van der Waals surface area contributed by atoms with Crippen molar-refractivity contribution in [3.8, 4) is 0 Å². The molecule has 4 rings (SSSR count). The van der Waals surface area contributed by atoms with Crippen LogP contribution in [-0.2, 0) is 4.79 Å². The van der Waals surface area contributed by atoms with Crippen LogP contribution in [0.5, 0.6) is 0 Å². The van der Waals surface area contributed by atoms with E-state index in [2.05, 4.69) is 47.1 Å². The Labute approximate surface area is 168 Å². The lowest BCUT2D eigenvalue weighted by molar-refractivity contribution is -0.120. The Bertz CT molecular complexity index is 783. The van der Waals surface area contributed by atoms with Crippen molar-refractivity contribution in [3.05, 3.63) is 41.1 Å². The fraction of sp³-hybridized carbons (Fsp3) is 0.450. The van der Waals surface area contributed by atoms with E-state index in [0.29, 0.717) is 0 Å². The van der Waals surface area contributed by atoms with Crippen molar-refractivity contribution in [1.82, 2.24) is 9.97 Å². The van der Waals surface area contributed by atoms with Crippen LogP contribution in [0.25, 0.3) is 0 Å². The number of carbonyl (C=O) groups is 1. The first-order valence-electron chi connectivity index (χ1n) is 9.57. The number of amides is 1. The van der Waals surface area contributed by atoms with E-state index in [9.17, 15) is 4.79 Å². The number of benzene rings is 1. The Morgan fingerprint density at radius 2 is 1.56 bits per heavy atom. The minimum atomic E-state index is 0.0461. The lowest BCUT2D eigenvalue weighted by atomic mass is 9.96. The number of piperidine rings is 1. The fourth-order valence-electron chi connectivity index (χ4n) is 3.78. The monoisotopic (exact) mass is 429 g/mol. The second-order valence-corrected chi connectivity index (χ2v) is 8.10. The predicted molar refractivity (Wildman–Crippen MR) is 111 cm³/mol. The van der Waals surface area contributed by atoms with Crippen molar-refractivity contribution >= 4 is 39.2 Å². The number of rotatable bonds is 4. The van der Waals surface area contributed by atoms with Crippen molar-refractivity contribution < 1.29 is 4.79 Å². The first-order valence-corrected chi connectivity index (χ1v) is 10.4. The number of carbonyl (C=O) groups excluding carboxylic acids is 1. The second kappa shape index (κ2) is 8.25. The predicted octanol–water partition coefficient (Wildman–Crippen LogP) is 3.69. The van der Waals surface area contributed by atoms with Gasteiger partial charge in [0.05, 0.1) is 0 Å². The molecule has 3 heterocycles. The lowest BCUT2D eigenvalue weighted by Gasteiger charge is -2.32. The Morgan fingerprint density at radius 1 is 0.963 bits per heavy atom. The highest BCUT2D eigenvalue weighted by Crippen LogP contribution is 2.26. The Morgan fingerprint density at radius 3 is 2.19 bits per heavy atom. The smallest absolute Gasteiger partial charge is 0.227 e. The van der Waals surface area contributed by atoms with Gasteiger partial charge in [-0.15, -0.1) is 0 Å². The van der Waals surface area contributed by atoms with Crippen molar-refractivity contribution in [2.75, 3.05) is 41.3 Å². The van der Waals surface area contributed by atoms with Gasteiger partial charge in [0.15, 0.2) is 0 Å². The van der Waals surface area contributed by atoms with Crippen molar-refractivity contribution in [2.24, 2.45) is 5.92 Å². The molecule has 0 saturated carbocycles. The quantitative estimate of drug-likeness (QED) is 0.802. The minimum Gasteiger partial charge on any atom is -0.356 e. The zero-order valence-corrected chi connectivity index (χ0v) is 16.9. The zero-order valence-electron chi connectivity index (χ0n) is 15.3. The molecule has 0 bridgehead atoms. The molecule has 2 aliphatic rings. The highest BCUT2D eigenvalue weighted by molar-refractivity contribution is 9.10. The van der Waals surface area contributed by atoms with E-state index < -0.39 is 0 Å². The third-order valence-electron chi connectivity index (χ3n) is 5.37. The summed E-state index contributed by atoms with van der Waals surface area (Å²) in [5, 5.41) is 3.03. The van der Waals surface area contributed by atoms with Crippen LogP contribution >= 0.6 is 15.9 Å². The van der Waals surface area contributed by atoms with Crippen LogP contribution in [0, 0.1) is 5.92 Å². The SMILES string of the molecule is O=C(Nc1ccc(Br)cc1)C1CCN(c2cc(N3CCCC3)ncn2)CC1. The van der Waals surface area contributed by atoms with Crippen molar-refractivity contribution in [2.45, 2.75) is 25.7 Å². The topological polar surface area (TPSA) is 61.4 Å². The molecule has 0 unspecified atom stereocenters. The minimum absolute atomic E-state index is 0.0461. The highest BCUT2D eigenvalue weighted by atomic mass is 79.9. The molecule has 0 atom stereocenters. The van der Waals surface area contributed by atoms with Crippen LogP contribution in [0.3, 0.4) is 0 Å². The molecule has 1 N–H and O–H groups in total. The number of halogens is 1. The Kier molecular flexibility index (Phi) is 5.57. The third-order valence-corrected chi connectivity index (χ3v) is 5.90. The molecule has 7 heteroatoms. The molecule has 1 amide bonds. The second-order valence-electron chi connectivity index (χ2n) is 7.19. The van der Waals surface area contributed by atoms with E-state index in [1.165, 1.54) is 12.8 Å². The van der Waals surface area contributed by atoms with Gasteiger partial charge in [-0.05, 0) is 49.9 Å². The summed E-state index contributed by atoms with van der Waals surface area (Å²) in [6.45, 7) is 3.84. The first kappa shape index (κ1) is 18.2. The van der Waals surface area contributed by atoms with Crippen LogP contribution in [0.15, 0.2) is 41.1 Å². The van der Waals surface area contributed by atoms with E-state index >= 15 is 0 Å². The van der Waals surface area contributed by atoms with E-state index in [0.717, 1.165) is 60.8 Å². The summed E-state index contributed by atoms with van der Waals surface area (Å²) in [5.41, 5.74) is 0.844. The normalized spacial score (nSPS) is 18.0. The molecule has 2 saturated heterocycles. The van der Waals surface area contributed by atoms with Gasteiger partial charge >= 0.3 is 0 Å². The summed E-state index contributed by atoms with van der Waals surface area (Å²) in [5.74, 6) is 2.15. The average molecular weight is 430 g/mol. The Hall–Kier alpha value is -2.15. The summed E-state index contributed by atoms with van der Waals surface area (Å²) >= 11 is 3.41. The van der Waals surface area contributed by atoms with Gasteiger partial charge in [0.1, 0.15) is 18.0 Å². The maximum Gasteiger partial charge on any atom is 0.227 e. The van der Waals surface area contributed by atoms with Gasteiger partial charge in [-0.1, -0.05) is 15.9 Å². The van der Waals surface area contributed by atoms with Crippen LogP contribution in [0.2, 0.25) is 0 Å². The van der Waals surface area contributed by atoms with Crippen LogP contribution < -0.4 is 15.1 Å². The van der Waals surface area contributed by atoms with E-state index in [4.69, 9.17) is 0 Å². The van der Waals surface area contributed by atoms with Gasteiger partial charge in [-0.25, -0.2) is 9.97 Å². The number of aromatic nitrogens is 2. The molecular formula is C20H24BrN5O. The molecular weight excluding hydrogens is 406 g/mol.